The van der Waals surface area contributed by atoms with Gasteiger partial charge in [-0.3, -0.25) is 4.79 Å². The molecule has 0 unspecified atom stereocenters. The van der Waals surface area contributed by atoms with Crippen LogP contribution in [-0.2, 0) is 11.2 Å². The van der Waals surface area contributed by atoms with Crippen LogP contribution >= 0.6 is 0 Å². The predicted molar refractivity (Wildman–Crippen MR) is 82.2 cm³/mol. The van der Waals surface area contributed by atoms with Gasteiger partial charge in [-0.1, -0.05) is 30.3 Å². The molecule has 0 saturated carbocycles. The maximum absolute atomic E-state index is 12.3. The Hall–Kier alpha value is -2.63. The van der Waals surface area contributed by atoms with E-state index in [-0.39, 0.29) is 17.5 Å². The fourth-order valence-electron chi connectivity index (χ4n) is 2.98. The SMILES string of the molecule is O=C(O)c1ncoc1C1CCN(C(=O)Cc2ccccc2)CC1. The number of carboxylic acids is 1. The van der Waals surface area contributed by atoms with Crippen LogP contribution in [0.15, 0.2) is 41.1 Å². The van der Waals surface area contributed by atoms with Gasteiger partial charge in [0.05, 0.1) is 6.42 Å². The highest BCUT2D eigenvalue weighted by Gasteiger charge is 2.29. The number of nitrogens with zero attached hydrogens (tertiary/aromatic N) is 2. The normalized spacial score (nSPS) is 15.6. The summed E-state index contributed by atoms with van der Waals surface area (Å²) in [4.78, 5) is 29.0. The molecule has 23 heavy (non-hydrogen) atoms. The Kier molecular flexibility index (Phi) is 4.41. The molecule has 0 atom stereocenters. The highest BCUT2D eigenvalue weighted by molar-refractivity contribution is 5.86. The second kappa shape index (κ2) is 6.64. The summed E-state index contributed by atoms with van der Waals surface area (Å²) in [6.45, 7) is 1.21. The van der Waals surface area contributed by atoms with Crippen molar-refractivity contribution in [2.45, 2.75) is 25.2 Å². The van der Waals surface area contributed by atoms with Gasteiger partial charge in [-0.25, -0.2) is 9.78 Å². The molecule has 0 radical (unpaired) electrons. The molecule has 1 aromatic carbocycles. The largest absolute Gasteiger partial charge is 0.476 e. The number of likely N-dealkylation sites (tertiary alicyclic amines) is 1. The van der Waals surface area contributed by atoms with E-state index >= 15 is 0 Å². The third-order valence-electron chi connectivity index (χ3n) is 4.21. The summed E-state index contributed by atoms with van der Waals surface area (Å²) in [6, 6.07) is 9.66. The molecule has 0 aliphatic carbocycles. The number of carbonyl (C=O) groups excluding carboxylic acids is 1. The molecule has 2 heterocycles. The van der Waals surface area contributed by atoms with Gasteiger partial charge in [0.2, 0.25) is 5.91 Å². The Morgan fingerprint density at radius 1 is 1.22 bits per heavy atom. The van der Waals surface area contributed by atoms with Crippen molar-refractivity contribution in [3.8, 4) is 0 Å². The molecular formula is C17H18N2O4. The maximum atomic E-state index is 12.3. The number of benzene rings is 1. The molecule has 6 nitrogen and oxygen atoms in total. The second-order valence-electron chi connectivity index (χ2n) is 5.69. The van der Waals surface area contributed by atoms with Crippen molar-refractivity contribution in [3.05, 3.63) is 53.7 Å². The first-order chi connectivity index (χ1) is 11.1. The van der Waals surface area contributed by atoms with Crippen LogP contribution in [0, 0.1) is 0 Å². The van der Waals surface area contributed by atoms with Crippen molar-refractivity contribution >= 4 is 11.9 Å². The number of aromatic carboxylic acids is 1. The monoisotopic (exact) mass is 314 g/mol. The molecule has 1 aromatic heterocycles. The van der Waals surface area contributed by atoms with E-state index in [1.807, 2.05) is 35.2 Å². The summed E-state index contributed by atoms with van der Waals surface area (Å²) >= 11 is 0. The minimum atomic E-state index is -1.07. The van der Waals surface area contributed by atoms with Crippen molar-refractivity contribution in [3.63, 3.8) is 0 Å². The van der Waals surface area contributed by atoms with Crippen molar-refractivity contribution in [1.29, 1.82) is 0 Å². The Morgan fingerprint density at radius 2 is 1.91 bits per heavy atom. The van der Waals surface area contributed by atoms with Gasteiger partial charge in [0, 0.05) is 19.0 Å². The van der Waals surface area contributed by atoms with E-state index in [0.717, 1.165) is 5.56 Å². The zero-order chi connectivity index (χ0) is 16.2. The molecule has 120 valence electrons. The lowest BCUT2D eigenvalue weighted by molar-refractivity contribution is -0.131. The summed E-state index contributed by atoms with van der Waals surface area (Å²) in [5, 5.41) is 9.10. The summed E-state index contributed by atoms with van der Waals surface area (Å²) in [5.41, 5.74) is 0.988. The van der Waals surface area contributed by atoms with Gasteiger partial charge >= 0.3 is 5.97 Å². The number of hydrogen-bond donors (Lipinski definition) is 1. The Labute approximate surface area is 133 Å². The standard InChI is InChI=1S/C17H18N2O4/c20-14(10-12-4-2-1-3-5-12)19-8-6-13(7-9-19)16-15(17(21)22)18-11-23-16/h1-5,11,13H,6-10H2,(H,21,22). The van der Waals surface area contributed by atoms with Crippen LogP contribution in [0.2, 0.25) is 0 Å². The Bertz CT molecular complexity index is 688. The quantitative estimate of drug-likeness (QED) is 0.936. The van der Waals surface area contributed by atoms with Crippen molar-refractivity contribution in [2.75, 3.05) is 13.1 Å². The second-order valence-corrected chi connectivity index (χ2v) is 5.69. The van der Waals surface area contributed by atoms with E-state index in [0.29, 0.717) is 38.1 Å². The van der Waals surface area contributed by atoms with Gasteiger partial charge in [-0.15, -0.1) is 0 Å². The fourth-order valence-corrected chi connectivity index (χ4v) is 2.98. The molecule has 1 saturated heterocycles. The van der Waals surface area contributed by atoms with Gasteiger partial charge in [0.1, 0.15) is 5.76 Å². The zero-order valence-electron chi connectivity index (χ0n) is 12.6. The zero-order valence-corrected chi connectivity index (χ0v) is 12.6. The van der Waals surface area contributed by atoms with Crippen molar-refractivity contribution in [1.82, 2.24) is 9.88 Å². The third kappa shape index (κ3) is 3.41. The van der Waals surface area contributed by atoms with Crippen LogP contribution < -0.4 is 0 Å². The first-order valence-electron chi connectivity index (χ1n) is 7.63. The Morgan fingerprint density at radius 3 is 2.57 bits per heavy atom. The van der Waals surface area contributed by atoms with Crippen LogP contribution in [0.4, 0.5) is 0 Å². The molecule has 1 aliphatic rings. The van der Waals surface area contributed by atoms with Crippen molar-refractivity contribution < 1.29 is 19.1 Å². The lowest BCUT2D eigenvalue weighted by Crippen LogP contribution is -2.38. The summed E-state index contributed by atoms with van der Waals surface area (Å²) < 4.78 is 5.26. The highest BCUT2D eigenvalue weighted by Crippen LogP contribution is 2.30. The molecule has 1 aliphatic heterocycles. The Balaban J connectivity index is 1.59. The number of hydrogen-bond acceptors (Lipinski definition) is 4. The van der Waals surface area contributed by atoms with Crippen LogP contribution in [0.25, 0.3) is 0 Å². The average Bonchev–Trinajstić information content (AvgIpc) is 3.06. The molecule has 1 amide bonds. The van der Waals surface area contributed by atoms with Gasteiger partial charge in [-0.05, 0) is 18.4 Å². The number of oxazole rings is 1. The molecule has 3 rings (SSSR count). The molecule has 2 aromatic rings. The van der Waals surface area contributed by atoms with Crippen LogP contribution in [0.1, 0.15) is 40.6 Å². The summed E-state index contributed by atoms with van der Waals surface area (Å²) in [7, 11) is 0. The van der Waals surface area contributed by atoms with E-state index in [2.05, 4.69) is 4.98 Å². The number of piperidine rings is 1. The number of amides is 1. The number of carbonyl (C=O) groups is 2. The van der Waals surface area contributed by atoms with Gasteiger partial charge in [-0.2, -0.15) is 0 Å². The summed E-state index contributed by atoms with van der Waals surface area (Å²) in [5.74, 6) is -0.543. The minimum Gasteiger partial charge on any atom is -0.476 e. The van der Waals surface area contributed by atoms with E-state index in [9.17, 15) is 9.59 Å². The number of rotatable bonds is 4. The smallest absolute Gasteiger partial charge is 0.358 e. The average molecular weight is 314 g/mol. The first-order valence-corrected chi connectivity index (χ1v) is 7.63. The van der Waals surface area contributed by atoms with Crippen LogP contribution in [0.3, 0.4) is 0 Å². The number of aromatic nitrogens is 1. The molecule has 1 fully saturated rings. The summed E-state index contributed by atoms with van der Waals surface area (Å²) in [6.07, 6.45) is 2.95. The van der Waals surface area contributed by atoms with Crippen molar-refractivity contribution in [2.24, 2.45) is 0 Å². The predicted octanol–water partition coefficient (Wildman–Crippen LogP) is 2.32. The van der Waals surface area contributed by atoms with E-state index in [1.54, 1.807) is 0 Å². The van der Waals surface area contributed by atoms with Gasteiger partial charge < -0.3 is 14.4 Å². The molecular weight excluding hydrogens is 296 g/mol. The minimum absolute atomic E-state index is 0.00405. The van der Waals surface area contributed by atoms with Crippen LogP contribution in [0.5, 0.6) is 0 Å². The molecule has 6 heteroatoms. The van der Waals surface area contributed by atoms with E-state index in [4.69, 9.17) is 9.52 Å². The lowest BCUT2D eigenvalue weighted by atomic mass is 9.92. The topological polar surface area (TPSA) is 83.6 Å². The fraction of sp³-hybridized carbons (Fsp3) is 0.353. The van der Waals surface area contributed by atoms with Crippen LogP contribution in [-0.4, -0.2) is 40.0 Å². The highest BCUT2D eigenvalue weighted by atomic mass is 16.4. The first kappa shape index (κ1) is 15.3. The van der Waals surface area contributed by atoms with Gasteiger partial charge in [0.15, 0.2) is 12.1 Å². The molecule has 0 spiro atoms. The number of carboxylic acid groups (broad SMARTS) is 1. The molecule has 0 bridgehead atoms. The third-order valence-corrected chi connectivity index (χ3v) is 4.21. The maximum Gasteiger partial charge on any atom is 0.358 e. The van der Waals surface area contributed by atoms with Gasteiger partial charge in [0.25, 0.3) is 0 Å². The van der Waals surface area contributed by atoms with E-state index < -0.39 is 5.97 Å². The molecule has 1 N–H and O–H groups in total. The lowest BCUT2D eigenvalue weighted by Gasteiger charge is -2.31. The van der Waals surface area contributed by atoms with E-state index in [1.165, 1.54) is 6.39 Å².